The first-order valence-corrected chi connectivity index (χ1v) is 9.69. The maximum absolute atomic E-state index is 12.8. The molecule has 1 aromatic heterocycles. The summed E-state index contributed by atoms with van der Waals surface area (Å²) in [6.07, 6.45) is 3.06. The molecule has 29 heavy (non-hydrogen) atoms. The van der Waals surface area contributed by atoms with Gasteiger partial charge in [-0.15, -0.1) is 0 Å². The first-order valence-electron chi connectivity index (χ1n) is 9.69. The molecule has 2 aromatic carbocycles. The lowest BCUT2D eigenvalue weighted by molar-refractivity contribution is 0.0363. The van der Waals surface area contributed by atoms with Crippen LogP contribution in [-0.4, -0.2) is 21.6 Å². The summed E-state index contributed by atoms with van der Waals surface area (Å²) in [5.74, 6) is -0.238. The van der Waals surface area contributed by atoms with Crippen molar-refractivity contribution < 1.29 is 9.53 Å². The van der Waals surface area contributed by atoms with E-state index in [1.807, 2.05) is 30.3 Å². The number of hydrogen-bond donors (Lipinski definition) is 0. The van der Waals surface area contributed by atoms with Gasteiger partial charge in [-0.2, -0.15) is 4.57 Å². The van der Waals surface area contributed by atoms with Gasteiger partial charge in [0, 0.05) is 30.5 Å². The van der Waals surface area contributed by atoms with E-state index in [1.54, 1.807) is 30.3 Å². The normalized spacial score (nSPS) is 18.2. The van der Waals surface area contributed by atoms with Crippen LogP contribution >= 0.6 is 0 Å². The molecule has 1 aliphatic rings. The number of hydrogen-bond acceptors (Lipinski definition) is 4. The maximum atomic E-state index is 12.8. The topological polar surface area (TPSA) is 70.3 Å². The second-order valence-corrected chi connectivity index (χ2v) is 7.34. The summed E-state index contributed by atoms with van der Waals surface area (Å²) < 4.78 is 7.99. The standard InChI is InChI=1S/C23H22N2O4/c26-21-11-12-24(23(28)25(21)22(27)19-9-5-2-6-10-19)20-13-18(14-20)16-29-15-17-7-3-1-4-8-17/h1-12,18,20H,13-16H2. The highest BCUT2D eigenvalue weighted by Gasteiger charge is 2.32. The molecule has 1 aliphatic carbocycles. The molecule has 148 valence electrons. The van der Waals surface area contributed by atoms with Crippen molar-refractivity contribution in [1.29, 1.82) is 0 Å². The molecule has 0 N–H and O–H groups in total. The summed E-state index contributed by atoms with van der Waals surface area (Å²) in [6.45, 7) is 1.20. The van der Waals surface area contributed by atoms with E-state index in [0.717, 1.165) is 18.4 Å². The fourth-order valence-corrected chi connectivity index (χ4v) is 3.65. The lowest BCUT2D eigenvalue weighted by atomic mass is 9.80. The summed E-state index contributed by atoms with van der Waals surface area (Å²) in [4.78, 5) is 37.6. The highest BCUT2D eigenvalue weighted by atomic mass is 16.5. The van der Waals surface area contributed by atoms with Crippen molar-refractivity contribution in [2.24, 2.45) is 5.92 Å². The third-order valence-corrected chi connectivity index (χ3v) is 5.30. The summed E-state index contributed by atoms with van der Waals surface area (Å²) >= 11 is 0. The van der Waals surface area contributed by atoms with Crippen LogP contribution in [0.3, 0.4) is 0 Å². The Bertz CT molecular complexity index is 1100. The zero-order chi connectivity index (χ0) is 20.2. The molecule has 1 heterocycles. The van der Waals surface area contributed by atoms with Crippen LogP contribution in [0.5, 0.6) is 0 Å². The first kappa shape index (κ1) is 19.1. The Hall–Kier alpha value is -3.25. The van der Waals surface area contributed by atoms with Gasteiger partial charge in [0.2, 0.25) is 0 Å². The minimum atomic E-state index is -0.609. The molecule has 0 unspecified atom stereocenters. The van der Waals surface area contributed by atoms with Gasteiger partial charge in [-0.05, 0) is 36.5 Å². The van der Waals surface area contributed by atoms with Gasteiger partial charge in [0.05, 0.1) is 6.61 Å². The number of nitrogens with zero attached hydrogens (tertiary/aromatic N) is 2. The van der Waals surface area contributed by atoms with Crippen LogP contribution in [0.2, 0.25) is 0 Å². The second kappa shape index (κ2) is 8.41. The molecule has 0 spiro atoms. The van der Waals surface area contributed by atoms with Gasteiger partial charge in [0.1, 0.15) is 0 Å². The van der Waals surface area contributed by atoms with Gasteiger partial charge in [-0.1, -0.05) is 48.5 Å². The maximum Gasteiger partial charge on any atom is 0.338 e. The minimum absolute atomic E-state index is 0.0248. The van der Waals surface area contributed by atoms with E-state index >= 15 is 0 Å². The van der Waals surface area contributed by atoms with Gasteiger partial charge in [0.15, 0.2) is 0 Å². The minimum Gasteiger partial charge on any atom is -0.376 e. The molecule has 0 radical (unpaired) electrons. The van der Waals surface area contributed by atoms with Gasteiger partial charge < -0.3 is 4.74 Å². The molecule has 1 saturated carbocycles. The third kappa shape index (κ3) is 4.12. The van der Waals surface area contributed by atoms with Crippen molar-refractivity contribution in [1.82, 2.24) is 9.13 Å². The van der Waals surface area contributed by atoms with Crippen molar-refractivity contribution >= 4 is 5.91 Å². The van der Waals surface area contributed by atoms with E-state index in [9.17, 15) is 14.4 Å². The van der Waals surface area contributed by atoms with Gasteiger partial charge in [-0.3, -0.25) is 14.2 Å². The molecule has 3 aromatic rings. The van der Waals surface area contributed by atoms with Crippen molar-refractivity contribution in [3.63, 3.8) is 0 Å². The van der Waals surface area contributed by atoms with Gasteiger partial charge in [-0.25, -0.2) is 4.79 Å². The Morgan fingerprint density at radius 1 is 0.931 bits per heavy atom. The Kier molecular flexibility index (Phi) is 5.53. The van der Waals surface area contributed by atoms with E-state index in [4.69, 9.17) is 4.74 Å². The predicted molar refractivity (Wildman–Crippen MR) is 109 cm³/mol. The lowest BCUT2D eigenvalue weighted by Gasteiger charge is -2.36. The van der Waals surface area contributed by atoms with E-state index < -0.39 is 17.2 Å². The molecule has 0 saturated heterocycles. The Morgan fingerprint density at radius 2 is 1.59 bits per heavy atom. The predicted octanol–water partition coefficient (Wildman–Crippen LogP) is 2.87. The van der Waals surface area contributed by atoms with Crippen LogP contribution in [0.15, 0.2) is 82.5 Å². The summed E-state index contributed by atoms with van der Waals surface area (Å²) in [5.41, 5.74) is 0.249. The SMILES string of the molecule is O=C(c1ccccc1)n1c(=O)ccn(C2CC(COCc3ccccc3)C2)c1=O. The van der Waals surface area contributed by atoms with Crippen LogP contribution in [0.25, 0.3) is 0 Å². The molecular formula is C23H22N2O4. The van der Waals surface area contributed by atoms with E-state index in [-0.39, 0.29) is 6.04 Å². The largest absolute Gasteiger partial charge is 0.376 e. The van der Waals surface area contributed by atoms with Crippen LogP contribution < -0.4 is 11.2 Å². The monoisotopic (exact) mass is 390 g/mol. The quantitative estimate of drug-likeness (QED) is 0.649. The lowest BCUT2D eigenvalue weighted by Crippen LogP contribution is -2.46. The number of benzene rings is 2. The van der Waals surface area contributed by atoms with Gasteiger partial charge in [0.25, 0.3) is 11.5 Å². The summed E-state index contributed by atoms with van der Waals surface area (Å²) in [6, 6.07) is 19.6. The number of rotatable bonds is 6. The number of ether oxygens (including phenoxy) is 1. The van der Waals surface area contributed by atoms with Gasteiger partial charge >= 0.3 is 5.69 Å². The Labute approximate surface area is 168 Å². The summed E-state index contributed by atoms with van der Waals surface area (Å²) in [7, 11) is 0. The molecule has 0 bridgehead atoms. The first-order chi connectivity index (χ1) is 14.1. The van der Waals surface area contributed by atoms with Crippen molar-refractivity contribution in [2.75, 3.05) is 6.61 Å². The van der Waals surface area contributed by atoms with Crippen molar-refractivity contribution in [3.05, 3.63) is 105 Å². The second-order valence-electron chi connectivity index (χ2n) is 7.34. The molecule has 4 rings (SSSR count). The smallest absolute Gasteiger partial charge is 0.338 e. The molecule has 0 aliphatic heterocycles. The average Bonchev–Trinajstić information content (AvgIpc) is 2.72. The fourth-order valence-electron chi connectivity index (χ4n) is 3.65. The van der Waals surface area contributed by atoms with Crippen LogP contribution in [0.4, 0.5) is 0 Å². The molecule has 0 amide bonds. The molecule has 1 fully saturated rings. The molecule has 0 atom stereocenters. The Morgan fingerprint density at radius 3 is 2.28 bits per heavy atom. The molecule has 6 nitrogen and oxygen atoms in total. The van der Waals surface area contributed by atoms with Crippen LogP contribution in [0.1, 0.15) is 34.8 Å². The van der Waals surface area contributed by atoms with Crippen molar-refractivity contribution in [3.8, 4) is 0 Å². The number of carbonyl (C=O) groups excluding carboxylic acids is 1. The summed E-state index contributed by atoms with van der Waals surface area (Å²) in [5, 5.41) is 0. The van der Waals surface area contributed by atoms with E-state index in [0.29, 0.717) is 29.3 Å². The van der Waals surface area contributed by atoms with E-state index in [1.165, 1.54) is 16.8 Å². The van der Waals surface area contributed by atoms with Crippen LogP contribution in [0, 0.1) is 5.92 Å². The highest BCUT2D eigenvalue weighted by molar-refractivity contribution is 5.95. The van der Waals surface area contributed by atoms with Crippen molar-refractivity contribution in [2.45, 2.75) is 25.5 Å². The zero-order valence-corrected chi connectivity index (χ0v) is 15.9. The zero-order valence-electron chi connectivity index (χ0n) is 15.9. The molecule has 6 heteroatoms. The fraction of sp³-hybridized carbons (Fsp3) is 0.261. The molecular weight excluding hydrogens is 368 g/mol. The number of carbonyl (C=O) groups is 1. The third-order valence-electron chi connectivity index (χ3n) is 5.30. The average molecular weight is 390 g/mol. The highest BCUT2D eigenvalue weighted by Crippen LogP contribution is 2.36. The number of aromatic nitrogens is 2. The van der Waals surface area contributed by atoms with E-state index in [2.05, 4.69) is 0 Å². The Balaban J connectivity index is 1.41. The van der Waals surface area contributed by atoms with Crippen LogP contribution in [-0.2, 0) is 11.3 Å².